The zero-order valence-electron chi connectivity index (χ0n) is 9.51. The van der Waals surface area contributed by atoms with Gasteiger partial charge in [-0.15, -0.1) is 11.3 Å². The second kappa shape index (κ2) is 6.17. The Bertz CT molecular complexity index is 531. The summed E-state index contributed by atoms with van der Waals surface area (Å²) in [6.45, 7) is 0.367. The molecule has 0 radical (unpaired) electrons. The van der Waals surface area contributed by atoms with E-state index in [0.717, 1.165) is 14.9 Å². The Balaban J connectivity index is 2.32. The van der Waals surface area contributed by atoms with E-state index in [1.165, 1.54) is 11.3 Å². The Morgan fingerprint density at radius 2 is 2.17 bits per heavy atom. The largest absolute Gasteiger partial charge is 0.387 e. The Labute approximate surface area is 124 Å². The van der Waals surface area contributed by atoms with Gasteiger partial charge < -0.3 is 10.8 Å². The van der Waals surface area contributed by atoms with E-state index in [1.54, 1.807) is 6.07 Å². The molecule has 18 heavy (non-hydrogen) atoms. The molecule has 0 saturated heterocycles. The lowest BCUT2D eigenvalue weighted by molar-refractivity contribution is 0.151. The maximum Gasteiger partial charge on any atom is 0.0977 e. The molecule has 0 amide bonds. The molecular weight excluding hydrogens is 334 g/mol. The third-order valence-corrected chi connectivity index (χ3v) is 4.75. The van der Waals surface area contributed by atoms with Crippen molar-refractivity contribution in [2.24, 2.45) is 5.73 Å². The van der Waals surface area contributed by atoms with Crippen LogP contribution in [-0.2, 0) is 0 Å². The quantitative estimate of drug-likeness (QED) is 0.881. The maximum absolute atomic E-state index is 10.4. The molecule has 96 valence electrons. The molecule has 5 heteroatoms. The van der Waals surface area contributed by atoms with Crippen LogP contribution in [0.4, 0.5) is 0 Å². The van der Waals surface area contributed by atoms with Crippen molar-refractivity contribution in [3.05, 3.63) is 55.6 Å². The van der Waals surface area contributed by atoms with Crippen molar-refractivity contribution < 1.29 is 5.11 Å². The average Bonchev–Trinajstić information content (AvgIpc) is 2.76. The summed E-state index contributed by atoms with van der Waals surface area (Å²) in [7, 11) is 0. The van der Waals surface area contributed by atoms with Gasteiger partial charge >= 0.3 is 0 Å². The van der Waals surface area contributed by atoms with E-state index in [2.05, 4.69) is 15.9 Å². The molecule has 0 aliphatic heterocycles. The monoisotopic (exact) mass is 345 g/mol. The molecule has 1 heterocycles. The Hall–Kier alpha value is -0.390. The molecule has 3 N–H and O–H groups in total. The first-order valence-corrected chi connectivity index (χ1v) is 7.55. The lowest BCUT2D eigenvalue weighted by Crippen LogP contribution is -2.19. The number of rotatable bonds is 4. The molecule has 1 aromatic carbocycles. The third kappa shape index (κ3) is 2.95. The van der Waals surface area contributed by atoms with Crippen LogP contribution in [0.5, 0.6) is 0 Å². The predicted octanol–water partition coefficient (Wildman–Crippen LogP) is 3.94. The summed E-state index contributed by atoms with van der Waals surface area (Å²) in [5, 5.41) is 12.9. The van der Waals surface area contributed by atoms with Gasteiger partial charge in [0.05, 0.1) is 16.0 Å². The molecule has 1 aromatic heterocycles. The normalized spacial score (nSPS) is 14.4. The van der Waals surface area contributed by atoms with Gasteiger partial charge in [0.1, 0.15) is 0 Å². The summed E-state index contributed by atoms with van der Waals surface area (Å²) in [6.07, 6.45) is -0.670. The first-order valence-electron chi connectivity index (χ1n) is 5.50. The average molecular weight is 347 g/mol. The fraction of sp³-hybridized carbons (Fsp3) is 0.231. The Kier molecular flexibility index (Phi) is 4.81. The minimum absolute atomic E-state index is 0.154. The van der Waals surface area contributed by atoms with Crippen molar-refractivity contribution >= 4 is 38.9 Å². The highest BCUT2D eigenvalue weighted by molar-refractivity contribution is 9.10. The minimum atomic E-state index is -0.670. The summed E-state index contributed by atoms with van der Waals surface area (Å²) in [6, 6.07) is 9.61. The van der Waals surface area contributed by atoms with Crippen LogP contribution in [0.15, 0.2) is 40.2 Å². The molecule has 0 saturated carbocycles. The van der Waals surface area contributed by atoms with Gasteiger partial charge in [0.15, 0.2) is 0 Å². The number of thiophene rings is 1. The summed E-state index contributed by atoms with van der Waals surface area (Å²) in [4.78, 5) is 0.770. The van der Waals surface area contributed by atoms with Crippen molar-refractivity contribution in [3.8, 4) is 0 Å². The second-order valence-corrected chi connectivity index (χ2v) is 6.25. The lowest BCUT2D eigenvalue weighted by atomic mass is 9.92. The molecule has 0 bridgehead atoms. The van der Waals surface area contributed by atoms with Crippen LogP contribution in [0, 0.1) is 0 Å². The standard InChI is InChI=1S/C13H13BrClNOS/c14-9-3-1-2-8(6-9)10(7-16)12(17)13-11(15)4-5-18-13/h1-6,10,12,17H,7,16H2. The van der Waals surface area contributed by atoms with Crippen molar-refractivity contribution in [2.75, 3.05) is 6.54 Å². The zero-order chi connectivity index (χ0) is 13.1. The number of aliphatic hydroxyl groups excluding tert-OH is 1. The molecular formula is C13H13BrClNOS. The van der Waals surface area contributed by atoms with E-state index in [9.17, 15) is 5.11 Å². The Morgan fingerprint density at radius 3 is 2.72 bits per heavy atom. The van der Waals surface area contributed by atoms with Gasteiger partial charge in [-0.05, 0) is 29.1 Å². The smallest absolute Gasteiger partial charge is 0.0977 e. The molecule has 2 nitrogen and oxygen atoms in total. The van der Waals surface area contributed by atoms with E-state index >= 15 is 0 Å². The van der Waals surface area contributed by atoms with Gasteiger partial charge in [-0.25, -0.2) is 0 Å². The highest BCUT2D eigenvalue weighted by atomic mass is 79.9. The van der Waals surface area contributed by atoms with Crippen molar-refractivity contribution in [2.45, 2.75) is 12.0 Å². The maximum atomic E-state index is 10.4. The molecule has 0 fully saturated rings. The lowest BCUT2D eigenvalue weighted by Gasteiger charge is -2.21. The first kappa shape index (κ1) is 14.0. The number of nitrogens with two attached hydrogens (primary N) is 1. The van der Waals surface area contributed by atoms with Crippen LogP contribution in [-0.4, -0.2) is 11.7 Å². The predicted molar refractivity (Wildman–Crippen MR) is 80.2 cm³/mol. The second-order valence-electron chi connectivity index (χ2n) is 3.97. The number of benzene rings is 1. The Morgan fingerprint density at radius 1 is 1.39 bits per heavy atom. The topological polar surface area (TPSA) is 46.2 Å². The van der Waals surface area contributed by atoms with Gasteiger partial charge in [0.2, 0.25) is 0 Å². The van der Waals surface area contributed by atoms with Crippen molar-refractivity contribution in [1.29, 1.82) is 0 Å². The van der Waals surface area contributed by atoms with E-state index in [1.807, 2.05) is 29.6 Å². The molecule has 0 spiro atoms. The minimum Gasteiger partial charge on any atom is -0.387 e. The SMILES string of the molecule is NCC(c1cccc(Br)c1)C(O)c1sccc1Cl. The number of halogens is 2. The summed E-state index contributed by atoms with van der Waals surface area (Å²) < 4.78 is 0.975. The van der Waals surface area contributed by atoms with Crippen LogP contribution in [0.25, 0.3) is 0 Å². The fourth-order valence-corrected chi connectivity index (χ4v) is 3.52. The summed E-state index contributed by atoms with van der Waals surface area (Å²) in [5.41, 5.74) is 6.80. The van der Waals surface area contributed by atoms with Crippen LogP contribution >= 0.6 is 38.9 Å². The van der Waals surface area contributed by atoms with E-state index < -0.39 is 6.10 Å². The number of aliphatic hydroxyl groups is 1. The van der Waals surface area contributed by atoms with Crippen LogP contribution in [0.3, 0.4) is 0 Å². The highest BCUT2D eigenvalue weighted by Gasteiger charge is 2.24. The van der Waals surface area contributed by atoms with Crippen LogP contribution in [0.1, 0.15) is 22.5 Å². The summed E-state index contributed by atoms with van der Waals surface area (Å²) in [5.74, 6) is -0.154. The van der Waals surface area contributed by atoms with Crippen LogP contribution in [0.2, 0.25) is 5.02 Å². The van der Waals surface area contributed by atoms with Gasteiger partial charge in [0.25, 0.3) is 0 Å². The van der Waals surface area contributed by atoms with E-state index in [0.29, 0.717) is 11.6 Å². The molecule has 0 aliphatic carbocycles. The van der Waals surface area contributed by atoms with E-state index in [-0.39, 0.29) is 5.92 Å². The van der Waals surface area contributed by atoms with Crippen LogP contribution < -0.4 is 5.73 Å². The summed E-state index contributed by atoms with van der Waals surface area (Å²) >= 11 is 10.9. The van der Waals surface area contributed by atoms with E-state index in [4.69, 9.17) is 17.3 Å². The molecule has 2 rings (SSSR count). The highest BCUT2D eigenvalue weighted by Crippen LogP contribution is 2.37. The molecule has 2 atom stereocenters. The molecule has 2 unspecified atom stereocenters. The molecule has 0 aliphatic rings. The third-order valence-electron chi connectivity index (χ3n) is 2.83. The van der Waals surface area contributed by atoms with Crippen molar-refractivity contribution in [1.82, 2.24) is 0 Å². The van der Waals surface area contributed by atoms with Gasteiger partial charge in [-0.3, -0.25) is 0 Å². The number of hydrogen-bond acceptors (Lipinski definition) is 3. The van der Waals surface area contributed by atoms with Gasteiger partial charge in [0, 0.05) is 16.9 Å². The van der Waals surface area contributed by atoms with Crippen molar-refractivity contribution in [3.63, 3.8) is 0 Å². The van der Waals surface area contributed by atoms with Gasteiger partial charge in [-0.1, -0.05) is 39.7 Å². The zero-order valence-corrected chi connectivity index (χ0v) is 12.7. The van der Waals surface area contributed by atoms with Gasteiger partial charge in [-0.2, -0.15) is 0 Å². The molecule has 2 aromatic rings. The fourth-order valence-electron chi connectivity index (χ4n) is 1.88. The first-order chi connectivity index (χ1) is 8.63. The number of hydrogen-bond donors (Lipinski definition) is 2.